The predicted molar refractivity (Wildman–Crippen MR) is 185 cm³/mol. The van der Waals surface area contributed by atoms with Crippen LogP contribution in [0.2, 0.25) is 0 Å². The first kappa shape index (κ1) is 32.3. The Balaban J connectivity index is 1.63. The zero-order chi connectivity index (χ0) is 32.8. The fourth-order valence-electron chi connectivity index (χ4n) is 4.97. The number of pyridine rings is 1. The third-order valence-electron chi connectivity index (χ3n) is 7.12. The number of anilines is 3. The summed E-state index contributed by atoms with van der Waals surface area (Å²) in [7, 11) is 1.49. The highest BCUT2D eigenvalue weighted by atomic mass is 127. The van der Waals surface area contributed by atoms with Crippen molar-refractivity contribution in [2.45, 2.75) is 52.2 Å². The van der Waals surface area contributed by atoms with Gasteiger partial charge in [0.25, 0.3) is 11.1 Å². The van der Waals surface area contributed by atoms with Crippen molar-refractivity contribution < 1.29 is 13.9 Å². The van der Waals surface area contributed by atoms with E-state index in [2.05, 4.69) is 16.0 Å². The summed E-state index contributed by atoms with van der Waals surface area (Å²) in [4.78, 5) is 53.9. The van der Waals surface area contributed by atoms with Crippen LogP contribution >= 0.6 is 34.8 Å². The molecule has 1 aliphatic rings. The number of ether oxygens (including phenoxy) is 1. The number of aryl methyl sites for hydroxylation is 1. The number of alkyl carbamates (subject to hydrolysis) is 1. The maximum Gasteiger partial charge on any atom is 0.408 e. The van der Waals surface area contributed by atoms with Gasteiger partial charge in [-0.2, -0.15) is 0 Å². The number of benzene rings is 2. The SMILES string of the molecule is Cc1c(=O)n(C)c(Nc2ccc(I)cc2F)c2c(=O)n(C3CC3)c(=O)n(-c3cccc(NC(=S)CNC(=O)OC(C)(C)C)c3)c12. The Kier molecular flexibility index (Phi) is 8.90. The van der Waals surface area contributed by atoms with Crippen LogP contribution in [-0.2, 0) is 11.8 Å². The van der Waals surface area contributed by atoms with Gasteiger partial charge in [0.15, 0.2) is 0 Å². The average molecular weight is 747 g/mol. The Bertz CT molecular complexity index is 2040. The van der Waals surface area contributed by atoms with E-state index in [1.54, 1.807) is 58.0 Å². The van der Waals surface area contributed by atoms with Crippen molar-refractivity contribution in [3.05, 3.63) is 88.6 Å². The highest BCUT2D eigenvalue weighted by Gasteiger charge is 2.31. The lowest BCUT2D eigenvalue weighted by Gasteiger charge is -2.21. The standard InChI is InChI=1S/C31H32FIN6O5S/c1-16-25-24(26(37(5)27(16)40)36-22-12-9-17(33)13-21(22)32)28(41)39(19-10-11-19)30(43)38(25)20-8-6-7-18(14-20)35-23(45)15-34-29(42)44-31(2,3)4/h6-9,12-14,19,36H,10-11,15H2,1-5H3,(H,34,42)(H,35,45). The van der Waals surface area contributed by atoms with Crippen LogP contribution in [-0.4, -0.2) is 36.9 Å². The molecule has 2 heterocycles. The Labute approximate surface area is 276 Å². The highest BCUT2D eigenvalue weighted by molar-refractivity contribution is 14.1. The minimum absolute atomic E-state index is 0.00316. The van der Waals surface area contributed by atoms with E-state index >= 15 is 0 Å². The number of carbonyl (C=O) groups excluding carboxylic acids is 1. The van der Waals surface area contributed by atoms with Crippen molar-refractivity contribution in [2.75, 3.05) is 17.2 Å². The summed E-state index contributed by atoms with van der Waals surface area (Å²) < 4.78 is 24.7. The number of aromatic nitrogens is 3. The van der Waals surface area contributed by atoms with Gasteiger partial charge in [0.1, 0.15) is 22.6 Å². The minimum Gasteiger partial charge on any atom is -0.444 e. The normalized spacial score (nSPS) is 13.0. The summed E-state index contributed by atoms with van der Waals surface area (Å²) in [5, 5.41) is 8.68. The number of thiocarbonyl (C=S) groups is 1. The van der Waals surface area contributed by atoms with Crippen molar-refractivity contribution >= 4 is 74.0 Å². The molecule has 1 amide bonds. The summed E-state index contributed by atoms with van der Waals surface area (Å²) in [6, 6.07) is 11.0. The van der Waals surface area contributed by atoms with Gasteiger partial charge < -0.3 is 20.7 Å². The van der Waals surface area contributed by atoms with Gasteiger partial charge in [0.2, 0.25) is 0 Å². The van der Waals surface area contributed by atoms with Gasteiger partial charge in [-0.05, 0) is 99.5 Å². The van der Waals surface area contributed by atoms with Gasteiger partial charge >= 0.3 is 11.8 Å². The van der Waals surface area contributed by atoms with Crippen LogP contribution in [0.3, 0.4) is 0 Å². The van der Waals surface area contributed by atoms with Crippen LogP contribution < -0.4 is 32.8 Å². The van der Waals surface area contributed by atoms with Crippen LogP contribution in [0.25, 0.3) is 16.6 Å². The monoisotopic (exact) mass is 746 g/mol. The fraction of sp³-hybridized carbons (Fsp3) is 0.323. The third-order valence-corrected chi connectivity index (χ3v) is 8.04. The molecular formula is C31H32FIN6O5S. The van der Waals surface area contributed by atoms with Crippen LogP contribution in [0.5, 0.6) is 0 Å². The van der Waals surface area contributed by atoms with Crippen LogP contribution in [0, 0.1) is 16.3 Å². The van der Waals surface area contributed by atoms with Gasteiger partial charge in [0.05, 0.1) is 28.4 Å². The van der Waals surface area contributed by atoms with Gasteiger partial charge in [0, 0.05) is 27.9 Å². The molecule has 0 bridgehead atoms. The first-order valence-electron chi connectivity index (χ1n) is 14.2. The molecule has 236 valence electrons. The maximum absolute atomic E-state index is 15.0. The molecule has 3 N–H and O–H groups in total. The van der Waals surface area contributed by atoms with Crippen LogP contribution in [0.1, 0.15) is 45.2 Å². The van der Waals surface area contributed by atoms with Crippen molar-refractivity contribution in [3.8, 4) is 5.69 Å². The number of amides is 1. The molecule has 0 aliphatic heterocycles. The lowest BCUT2D eigenvalue weighted by Crippen LogP contribution is -2.41. The summed E-state index contributed by atoms with van der Waals surface area (Å²) in [5.41, 5.74) is -1.04. The summed E-state index contributed by atoms with van der Waals surface area (Å²) in [6.45, 7) is 6.82. The van der Waals surface area contributed by atoms with Gasteiger partial charge in [-0.15, -0.1) is 0 Å². The van der Waals surface area contributed by atoms with E-state index in [9.17, 15) is 23.6 Å². The molecule has 0 spiro atoms. The second kappa shape index (κ2) is 12.4. The maximum atomic E-state index is 15.0. The number of halogens is 2. The summed E-state index contributed by atoms with van der Waals surface area (Å²) >= 11 is 7.40. The van der Waals surface area contributed by atoms with Crippen molar-refractivity contribution in [1.82, 2.24) is 19.0 Å². The van der Waals surface area contributed by atoms with Crippen molar-refractivity contribution in [3.63, 3.8) is 0 Å². The molecule has 5 rings (SSSR count). The smallest absolute Gasteiger partial charge is 0.408 e. The van der Waals surface area contributed by atoms with Crippen molar-refractivity contribution in [1.29, 1.82) is 0 Å². The summed E-state index contributed by atoms with van der Waals surface area (Å²) in [5.74, 6) is -0.493. The van der Waals surface area contributed by atoms with Crippen molar-refractivity contribution in [2.24, 2.45) is 7.05 Å². The fourth-order valence-corrected chi connectivity index (χ4v) is 5.61. The van der Waals surface area contributed by atoms with E-state index in [1.807, 2.05) is 22.6 Å². The van der Waals surface area contributed by atoms with E-state index in [0.29, 0.717) is 27.8 Å². The third kappa shape index (κ3) is 6.81. The Morgan fingerprint density at radius 3 is 2.47 bits per heavy atom. The lowest BCUT2D eigenvalue weighted by molar-refractivity contribution is 0.0536. The highest BCUT2D eigenvalue weighted by Crippen LogP contribution is 2.34. The molecular weight excluding hydrogens is 714 g/mol. The van der Waals surface area contributed by atoms with E-state index in [1.165, 1.54) is 32.9 Å². The molecule has 0 radical (unpaired) electrons. The molecule has 0 atom stereocenters. The first-order chi connectivity index (χ1) is 21.2. The molecule has 1 saturated carbocycles. The number of hydrogen-bond acceptors (Lipinski definition) is 7. The zero-order valence-electron chi connectivity index (χ0n) is 25.3. The largest absolute Gasteiger partial charge is 0.444 e. The van der Waals surface area contributed by atoms with E-state index in [4.69, 9.17) is 17.0 Å². The lowest BCUT2D eigenvalue weighted by atomic mass is 10.1. The molecule has 4 aromatic rings. The molecule has 11 nitrogen and oxygen atoms in total. The average Bonchev–Trinajstić information content (AvgIpc) is 3.79. The number of hydrogen-bond donors (Lipinski definition) is 3. The number of carbonyl (C=O) groups is 1. The number of nitrogens with one attached hydrogen (secondary N) is 3. The minimum atomic E-state index is -0.664. The van der Waals surface area contributed by atoms with E-state index in [0.717, 1.165) is 0 Å². The molecule has 14 heteroatoms. The number of rotatable bonds is 7. The Morgan fingerprint density at radius 2 is 1.82 bits per heavy atom. The van der Waals surface area contributed by atoms with Crippen LogP contribution in [0.15, 0.2) is 56.8 Å². The second-order valence-corrected chi connectivity index (χ2v) is 13.5. The van der Waals surface area contributed by atoms with Gasteiger partial charge in [-0.3, -0.25) is 23.3 Å². The topological polar surface area (TPSA) is 128 Å². The molecule has 2 aromatic carbocycles. The number of nitrogens with zero attached hydrogens (tertiary/aromatic N) is 3. The molecule has 0 unspecified atom stereocenters. The van der Waals surface area contributed by atoms with E-state index in [-0.39, 0.29) is 45.5 Å². The zero-order valence-corrected chi connectivity index (χ0v) is 28.3. The molecule has 45 heavy (non-hydrogen) atoms. The predicted octanol–water partition coefficient (Wildman–Crippen LogP) is 5.25. The quantitative estimate of drug-likeness (QED) is 0.173. The summed E-state index contributed by atoms with van der Waals surface area (Å²) in [6.07, 6.45) is 0.688. The molecule has 1 fully saturated rings. The van der Waals surface area contributed by atoms with Crippen LogP contribution in [0.4, 0.5) is 26.4 Å². The van der Waals surface area contributed by atoms with Gasteiger partial charge in [-0.1, -0.05) is 18.3 Å². The second-order valence-electron chi connectivity index (χ2n) is 11.8. The van der Waals surface area contributed by atoms with Gasteiger partial charge in [-0.25, -0.2) is 14.0 Å². The molecule has 0 saturated heterocycles. The number of fused-ring (bicyclic) bond motifs is 1. The van der Waals surface area contributed by atoms with E-state index < -0.39 is 34.3 Å². The molecule has 2 aromatic heterocycles. The first-order valence-corrected chi connectivity index (χ1v) is 15.6. The molecule has 1 aliphatic carbocycles. The Hall–Kier alpha value is -4.05. The Morgan fingerprint density at radius 1 is 1.11 bits per heavy atom.